The van der Waals surface area contributed by atoms with Crippen molar-refractivity contribution in [3.05, 3.63) is 23.8 Å². The van der Waals surface area contributed by atoms with Gasteiger partial charge in [-0.1, -0.05) is 0 Å². The normalized spacial score (nSPS) is 10.7. The summed E-state index contributed by atoms with van der Waals surface area (Å²) in [5.41, 5.74) is 1.64. The van der Waals surface area contributed by atoms with Crippen molar-refractivity contribution < 1.29 is 14.3 Å². The third-order valence-corrected chi connectivity index (χ3v) is 3.60. The van der Waals surface area contributed by atoms with Crippen LogP contribution in [0.15, 0.2) is 18.2 Å². The summed E-state index contributed by atoms with van der Waals surface area (Å²) in [6.07, 6.45) is -0.635. The summed E-state index contributed by atoms with van der Waals surface area (Å²) in [6.45, 7) is 0. The molecule has 0 radical (unpaired) electrons. The van der Waals surface area contributed by atoms with Crippen molar-refractivity contribution in [2.24, 2.45) is 0 Å². The number of aromatic nitrogens is 2. The summed E-state index contributed by atoms with van der Waals surface area (Å²) in [7, 11) is 1.25. The monoisotopic (exact) mass is 344 g/mol. The molecule has 7 nitrogen and oxygen atoms in total. The van der Waals surface area contributed by atoms with Crippen LogP contribution < -0.4 is 10.6 Å². The van der Waals surface area contributed by atoms with Gasteiger partial charge in [-0.25, -0.2) is 9.78 Å². The van der Waals surface area contributed by atoms with E-state index in [-0.39, 0.29) is 29.7 Å². The molecule has 0 atom stereocenters. The van der Waals surface area contributed by atoms with E-state index in [1.807, 2.05) is 0 Å². The van der Waals surface area contributed by atoms with Crippen molar-refractivity contribution in [3.63, 3.8) is 0 Å². The molecule has 2 rings (SSSR count). The summed E-state index contributed by atoms with van der Waals surface area (Å²) >= 11 is 11.4. The van der Waals surface area contributed by atoms with Crippen LogP contribution in [0.3, 0.4) is 0 Å². The zero-order valence-electron chi connectivity index (χ0n) is 11.7. The number of anilines is 1. The Balaban J connectivity index is 2.19. The van der Waals surface area contributed by atoms with Crippen LogP contribution >= 0.6 is 23.2 Å². The number of H-pyrrole nitrogens is 1. The van der Waals surface area contributed by atoms with Crippen molar-refractivity contribution in [2.75, 3.05) is 24.2 Å². The first-order chi connectivity index (χ1) is 10.6. The number of methoxy groups -OCH3 is 1. The predicted molar refractivity (Wildman–Crippen MR) is 84.8 cm³/mol. The minimum Gasteiger partial charge on any atom is -0.453 e. The van der Waals surface area contributed by atoms with E-state index in [2.05, 4.69) is 25.3 Å². The standard InChI is InChI=1S/C13H14Cl2N4O3/c1-22-13(21)19-12-17-9-3-2-7(4-10(9)18-12)11(20)16-8(5-14)6-15/h2-4,8H,5-6H2,1H3,(H,16,20)(H2,17,18,19,21). The van der Waals surface area contributed by atoms with Crippen molar-refractivity contribution in [1.82, 2.24) is 15.3 Å². The quantitative estimate of drug-likeness (QED) is 0.725. The fourth-order valence-electron chi connectivity index (χ4n) is 1.74. The average molecular weight is 345 g/mol. The minimum atomic E-state index is -0.635. The molecule has 0 aliphatic heterocycles. The lowest BCUT2D eigenvalue weighted by Gasteiger charge is -2.12. The number of halogens is 2. The largest absolute Gasteiger partial charge is 0.453 e. The van der Waals surface area contributed by atoms with Gasteiger partial charge < -0.3 is 15.0 Å². The zero-order valence-corrected chi connectivity index (χ0v) is 13.2. The van der Waals surface area contributed by atoms with Crippen molar-refractivity contribution in [2.45, 2.75) is 6.04 Å². The van der Waals surface area contributed by atoms with E-state index in [4.69, 9.17) is 23.2 Å². The maximum atomic E-state index is 12.1. The van der Waals surface area contributed by atoms with Crippen molar-refractivity contribution >= 4 is 52.2 Å². The number of nitrogens with zero attached hydrogens (tertiary/aromatic N) is 1. The van der Waals surface area contributed by atoms with E-state index in [1.165, 1.54) is 7.11 Å². The third kappa shape index (κ3) is 3.80. The molecule has 0 unspecified atom stereocenters. The Labute approximate surface area is 136 Å². The molecule has 2 amide bonds. The number of imidazole rings is 1. The average Bonchev–Trinajstić information content (AvgIpc) is 2.93. The second-order valence-electron chi connectivity index (χ2n) is 4.41. The fourth-order valence-corrected chi connectivity index (χ4v) is 2.23. The van der Waals surface area contributed by atoms with Crippen LogP contribution in [-0.4, -0.2) is 46.9 Å². The minimum absolute atomic E-state index is 0.231. The highest BCUT2D eigenvalue weighted by atomic mass is 35.5. The molecule has 0 bridgehead atoms. The van der Waals surface area contributed by atoms with Crippen LogP contribution in [-0.2, 0) is 4.74 Å². The van der Waals surface area contributed by atoms with E-state index in [0.717, 1.165) is 0 Å². The van der Waals surface area contributed by atoms with Crippen LogP contribution in [0.4, 0.5) is 10.7 Å². The Kier molecular flexibility index (Phi) is 5.46. The maximum absolute atomic E-state index is 12.1. The molecule has 0 aliphatic carbocycles. The fraction of sp³-hybridized carbons (Fsp3) is 0.308. The number of carbonyl (C=O) groups excluding carboxylic acids is 2. The van der Waals surface area contributed by atoms with Gasteiger partial charge in [0, 0.05) is 17.3 Å². The lowest BCUT2D eigenvalue weighted by molar-refractivity contribution is 0.0944. The number of rotatable bonds is 5. The first-order valence-electron chi connectivity index (χ1n) is 6.35. The molecule has 118 valence electrons. The van der Waals surface area contributed by atoms with Gasteiger partial charge in [-0.15, -0.1) is 23.2 Å². The van der Waals surface area contributed by atoms with E-state index < -0.39 is 6.09 Å². The van der Waals surface area contributed by atoms with Gasteiger partial charge in [-0.3, -0.25) is 10.1 Å². The molecule has 22 heavy (non-hydrogen) atoms. The summed E-state index contributed by atoms with van der Waals surface area (Å²) in [5.74, 6) is 0.410. The first kappa shape index (κ1) is 16.4. The van der Waals surface area contributed by atoms with Crippen LogP contribution in [0.25, 0.3) is 11.0 Å². The number of hydrogen-bond acceptors (Lipinski definition) is 4. The highest BCUT2D eigenvalue weighted by molar-refractivity contribution is 6.21. The van der Waals surface area contributed by atoms with Crippen molar-refractivity contribution in [3.8, 4) is 0 Å². The highest BCUT2D eigenvalue weighted by Gasteiger charge is 2.14. The van der Waals surface area contributed by atoms with E-state index in [1.54, 1.807) is 18.2 Å². The number of alkyl halides is 2. The molecule has 2 aromatic rings. The van der Waals surface area contributed by atoms with Gasteiger partial charge in [0.2, 0.25) is 5.95 Å². The lowest BCUT2D eigenvalue weighted by Crippen LogP contribution is -2.37. The van der Waals surface area contributed by atoms with Crippen LogP contribution in [0.2, 0.25) is 0 Å². The Morgan fingerprint density at radius 3 is 2.73 bits per heavy atom. The molecule has 0 saturated heterocycles. The number of fused-ring (bicyclic) bond motifs is 1. The summed E-state index contributed by atoms with van der Waals surface area (Å²) in [6, 6.07) is 4.61. The molecule has 0 saturated carbocycles. The second kappa shape index (κ2) is 7.33. The molecular formula is C13H14Cl2N4O3. The molecule has 9 heteroatoms. The zero-order chi connectivity index (χ0) is 16.1. The van der Waals surface area contributed by atoms with Crippen LogP contribution in [0, 0.1) is 0 Å². The van der Waals surface area contributed by atoms with Gasteiger partial charge in [0.05, 0.1) is 24.2 Å². The van der Waals surface area contributed by atoms with E-state index in [9.17, 15) is 9.59 Å². The third-order valence-electron chi connectivity index (χ3n) is 2.86. The first-order valence-corrected chi connectivity index (χ1v) is 7.41. The number of carbonyl (C=O) groups is 2. The topological polar surface area (TPSA) is 96.1 Å². The number of benzene rings is 1. The summed E-state index contributed by atoms with van der Waals surface area (Å²) in [5, 5.41) is 5.14. The number of nitrogens with one attached hydrogen (secondary N) is 3. The smallest absolute Gasteiger partial charge is 0.413 e. The number of ether oxygens (including phenoxy) is 1. The summed E-state index contributed by atoms with van der Waals surface area (Å²) < 4.78 is 4.48. The van der Waals surface area contributed by atoms with E-state index in [0.29, 0.717) is 16.6 Å². The summed E-state index contributed by atoms with van der Waals surface area (Å²) in [4.78, 5) is 30.3. The number of amides is 2. The van der Waals surface area contributed by atoms with Crippen LogP contribution in [0.5, 0.6) is 0 Å². The van der Waals surface area contributed by atoms with Gasteiger partial charge in [-0.2, -0.15) is 0 Å². The van der Waals surface area contributed by atoms with E-state index >= 15 is 0 Å². The van der Waals surface area contributed by atoms with Gasteiger partial charge >= 0.3 is 6.09 Å². The molecule has 1 heterocycles. The maximum Gasteiger partial charge on any atom is 0.413 e. The Morgan fingerprint density at radius 1 is 1.36 bits per heavy atom. The van der Waals surface area contributed by atoms with Gasteiger partial charge in [0.15, 0.2) is 0 Å². The Morgan fingerprint density at radius 2 is 2.09 bits per heavy atom. The Bertz CT molecular complexity index is 685. The highest BCUT2D eigenvalue weighted by Crippen LogP contribution is 2.16. The van der Waals surface area contributed by atoms with Gasteiger partial charge in [0.1, 0.15) is 0 Å². The molecule has 0 fully saturated rings. The molecule has 0 spiro atoms. The number of aromatic amines is 1. The van der Waals surface area contributed by atoms with Gasteiger partial charge in [-0.05, 0) is 18.2 Å². The molecule has 0 aliphatic rings. The predicted octanol–water partition coefficient (Wildman–Crippen LogP) is 2.32. The number of hydrogen-bond donors (Lipinski definition) is 3. The molecule has 3 N–H and O–H groups in total. The Hall–Kier alpha value is -1.99. The molecular weight excluding hydrogens is 331 g/mol. The van der Waals surface area contributed by atoms with Crippen molar-refractivity contribution in [1.29, 1.82) is 0 Å². The van der Waals surface area contributed by atoms with Crippen LogP contribution in [0.1, 0.15) is 10.4 Å². The SMILES string of the molecule is COC(=O)Nc1nc2ccc(C(=O)NC(CCl)CCl)cc2[nH]1. The van der Waals surface area contributed by atoms with Gasteiger partial charge in [0.25, 0.3) is 5.91 Å². The molecule has 1 aromatic heterocycles. The molecule has 1 aromatic carbocycles. The lowest BCUT2D eigenvalue weighted by atomic mass is 10.2. The second-order valence-corrected chi connectivity index (χ2v) is 5.03.